The minimum Gasteiger partial charge on any atom is -0.493 e. The maximum absolute atomic E-state index is 12.6. The van der Waals surface area contributed by atoms with Crippen molar-refractivity contribution in [3.05, 3.63) is 68.2 Å². The van der Waals surface area contributed by atoms with Crippen LogP contribution in [0.15, 0.2) is 47.1 Å². The topological polar surface area (TPSA) is 65.4 Å². The molecular formula is C19H16BrCl2N3O3. The van der Waals surface area contributed by atoms with Crippen LogP contribution in [0.2, 0.25) is 10.0 Å². The highest BCUT2D eigenvalue weighted by molar-refractivity contribution is 9.10. The fourth-order valence-electron chi connectivity index (χ4n) is 2.54. The van der Waals surface area contributed by atoms with E-state index in [1.54, 1.807) is 41.2 Å². The lowest BCUT2D eigenvalue weighted by Gasteiger charge is -2.09. The molecule has 0 bridgehead atoms. The first-order valence-electron chi connectivity index (χ1n) is 8.11. The molecule has 9 heteroatoms. The molecular weight excluding hydrogens is 469 g/mol. The zero-order valence-electron chi connectivity index (χ0n) is 15.0. The third kappa shape index (κ3) is 4.60. The number of rotatable bonds is 6. The van der Waals surface area contributed by atoms with E-state index in [1.807, 2.05) is 6.07 Å². The maximum atomic E-state index is 12.6. The fraction of sp³-hybridized carbons (Fsp3) is 0.158. The lowest BCUT2D eigenvalue weighted by Crippen LogP contribution is -2.13. The predicted molar refractivity (Wildman–Crippen MR) is 113 cm³/mol. The van der Waals surface area contributed by atoms with Crippen molar-refractivity contribution in [1.82, 2.24) is 9.78 Å². The Kier molecular flexibility index (Phi) is 6.49. The monoisotopic (exact) mass is 483 g/mol. The van der Waals surface area contributed by atoms with Gasteiger partial charge in [0.1, 0.15) is 0 Å². The SMILES string of the molecule is COc1ccc(C(=O)Nc2nn(Cc3ccc(Cl)cc3Cl)cc2Br)cc1OC. The summed E-state index contributed by atoms with van der Waals surface area (Å²) >= 11 is 15.6. The van der Waals surface area contributed by atoms with Gasteiger partial charge in [0.05, 0.1) is 25.2 Å². The lowest BCUT2D eigenvalue weighted by molar-refractivity contribution is 0.102. The minimum absolute atomic E-state index is 0.323. The number of nitrogens with zero attached hydrogens (tertiary/aromatic N) is 2. The van der Waals surface area contributed by atoms with E-state index in [-0.39, 0.29) is 5.91 Å². The van der Waals surface area contributed by atoms with Gasteiger partial charge in [0.15, 0.2) is 17.3 Å². The molecule has 0 aliphatic carbocycles. The van der Waals surface area contributed by atoms with Crippen LogP contribution in [0, 0.1) is 0 Å². The van der Waals surface area contributed by atoms with E-state index in [1.165, 1.54) is 14.2 Å². The first-order valence-corrected chi connectivity index (χ1v) is 9.66. The minimum atomic E-state index is -0.323. The molecule has 1 amide bonds. The third-order valence-corrected chi connectivity index (χ3v) is 5.11. The fourth-order valence-corrected chi connectivity index (χ4v) is 3.43. The summed E-state index contributed by atoms with van der Waals surface area (Å²) in [6.45, 7) is 0.431. The summed E-state index contributed by atoms with van der Waals surface area (Å²) in [6.07, 6.45) is 1.76. The number of ether oxygens (including phenoxy) is 2. The third-order valence-electron chi connectivity index (χ3n) is 3.94. The van der Waals surface area contributed by atoms with Crippen LogP contribution in [0.4, 0.5) is 5.82 Å². The molecule has 146 valence electrons. The van der Waals surface area contributed by atoms with Gasteiger partial charge >= 0.3 is 0 Å². The summed E-state index contributed by atoms with van der Waals surface area (Å²) in [5.74, 6) is 1.09. The molecule has 0 radical (unpaired) electrons. The second kappa shape index (κ2) is 8.86. The van der Waals surface area contributed by atoms with Crippen molar-refractivity contribution in [2.24, 2.45) is 0 Å². The molecule has 3 aromatic rings. The van der Waals surface area contributed by atoms with Gasteiger partial charge in [-0.05, 0) is 51.8 Å². The number of hydrogen-bond acceptors (Lipinski definition) is 4. The molecule has 1 heterocycles. The van der Waals surface area contributed by atoms with E-state index in [0.717, 1.165) is 5.56 Å². The van der Waals surface area contributed by atoms with Crippen LogP contribution in [0.25, 0.3) is 0 Å². The molecule has 0 saturated heterocycles. The molecule has 0 fully saturated rings. The Morgan fingerprint density at radius 2 is 1.89 bits per heavy atom. The Labute approximate surface area is 180 Å². The van der Waals surface area contributed by atoms with E-state index in [0.29, 0.717) is 43.9 Å². The summed E-state index contributed by atoms with van der Waals surface area (Å²) in [7, 11) is 3.05. The van der Waals surface area contributed by atoms with Crippen LogP contribution in [0.3, 0.4) is 0 Å². The quantitative estimate of drug-likeness (QED) is 0.517. The lowest BCUT2D eigenvalue weighted by atomic mass is 10.2. The van der Waals surface area contributed by atoms with Gasteiger partial charge in [0.2, 0.25) is 0 Å². The molecule has 28 heavy (non-hydrogen) atoms. The van der Waals surface area contributed by atoms with Gasteiger partial charge in [-0.25, -0.2) is 0 Å². The smallest absolute Gasteiger partial charge is 0.257 e. The van der Waals surface area contributed by atoms with Gasteiger partial charge < -0.3 is 14.8 Å². The molecule has 0 aliphatic rings. The molecule has 1 aromatic heterocycles. The number of hydrogen-bond donors (Lipinski definition) is 1. The number of aromatic nitrogens is 2. The van der Waals surface area contributed by atoms with E-state index >= 15 is 0 Å². The number of nitrogens with one attached hydrogen (secondary N) is 1. The second-order valence-corrected chi connectivity index (χ2v) is 7.48. The molecule has 0 aliphatic heterocycles. The Balaban J connectivity index is 1.77. The summed E-state index contributed by atoms with van der Waals surface area (Å²) in [6, 6.07) is 10.2. The number of carbonyl (C=O) groups is 1. The number of amides is 1. The van der Waals surface area contributed by atoms with E-state index in [4.69, 9.17) is 32.7 Å². The van der Waals surface area contributed by atoms with Gasteiger partial charge in [-0.15, -0.1) is 0 Å². The van der Waals surface area contributed by atoms with Crippen molar-refractivity contribution in [2.75, 3.05) is 19.5 Å². The van der Waals surface area contributed by atoms with Crippen molar-refractivity contribution < 1.29 is 14.3 Å². The highest BCUT2D eigenvalue weighted by Gasteiger charge is 2.15. The Hall–Kier alpha value is -2.22. The first-order chi connectivity index (χ1) is 13.4. The summed E-state index contributed by atoms with van der Waals surface area (Å²) in [4.78, 5) is 12.6. The first kappa shape index (κ1) is 20.5. The Bertz CT molecular complexity index is 1020. The second-order valence-electron chi connectivity index (χ2n) is 5.78. The molecule has 6 nitrogen and oxygen atoms in total. The van der Waals surface area contributed by atoms with Gasteiger partial charge in [-0.2, -0.15) is 5.10 Å². The van der Waals surface area contributed by atoms with Crippen LogP contribution in [0.5, 0.6) is 11.5 Å². The van der Waals surface area contributed by atoms with Crippen molar-refractivity contribution in [1.29, 1.82) is 0 Å². The van der Waals surface area contributed by atoms with Crippen LogP contribution in [0.1, 0.15) is 15.9 Å². The number of anilines is 1. The largest absolute Gasteiger partial charge is 0.493 e. The number of benzene rings is 2. The normalized spacial score (nSPS) is 10.6. The molecule has 0 spiro atoms. The van der Waals surface area contributed by atoms with Crippen molar-refractivity contribution in [3.63, 3.8) is 0 Å². The summed E-state index contributed by atoms with van der Waals surface area (Å²) in [5, 5.41) is 8.30. The van der Waals surface area contributed by atoms with Crippen LogP contribution in [-0.2, 0) is 6.54 Å². The van der Waals surface area contributed by atoms with Crippen LogP contribution < -0.4 is 14.8 Å². The predicted octanol–water partition coefficient (Wildman–Crippen LogP) is 5.27. The van der Waals surface area contributed by atoms with Crippen LogP contribution >= 0.6 is 39.1 Å². The molecule has 0 unspecified atom stereocenters. The maximum Gasteiger partial charge on any atom is 0.257 e. The van der Waals surface area contributed by atoms with Crippen LogP contribution in [-0.4, -0.2) is 29.9 Å². The average molecular weight is 485 g/mol. The van der Waals surface area contributed by atoms with Crippen molar-refractivity contribution in [2.45, 2.75) is 6.54 Å². The molecule has 3 rings (SSSR count). The van der Waals surface area contributed by atoms with E-state index in [2.05, 4.69) is 26.3 Å². The van der Waals surface area contributed by atoms with Gasteiger partial charge in [-0.1, -0.05) is 29.3 Å². The Morgan fingerprint density at radius 3 is 2.57 bits per heavy atom. The molecule has 0 saturated carbocycles. The van der Waals surface area contributed by atoms with Crippen molar-refractivity contribution >= 4 is 50.9 Å². The summed E-state index contributed by atoms with van der Waals surface area (Å²) in [5.41, 5.74) is 1.28. The highest BCUT2D eigenvalue weighted by atomic mass is 79.9. The van der Waals surface area contributed by atoms with E-state index in [9.17, 15) is 4.79 Å². The van der Waals surface area contributed by atoms with Crippen molar-refractivity contribution in [3.8, 4) is 11.5 Å². The number of methoxy groups -OCH3 is 2. The Morgan fingerprint density at radius 1 is 1.14 bits per heavy atom. The van der Waals surface area contributed by atoms with Gasteiger partial charge in [-0.3, -0.25) is 9.48 Å². The molecule has 2 aromatic carbocycles. The number of halogens is 3. The standard InChI is InChI=1S/C19H16BrCl2N3O3/c1-27-16-6-4-11(7-17(16)28-2)19(26)23-18-14(20)10-25(24-18)9-12-3-5-13(21)8-15(12)22/h3-8,10H,9H2,1-2H3,(H,23,24,26). The number of carbonyl (C=O) groups excluding carboxylic acids is 1. The zero-order valence-corrected chi connectivity index (χ0v) is 18.1. The highest BCUT2D eigenvalue weighted by Crippen LogP contribution is 2.29. The average Bonchev–Trinajstić information content (AvgIpc) is 3.02. The summed E-state index contributed by atoms with van der Waals surface area (Å²) < 4.78 is 12.7. The molecule has 1 N–H and O–H groups in total. The zero-order chi connectivity index (χ0) is 20.3. The van der Waals surface area contributed by atoms with E-state index < -0.39 is 0 Å². The van der Waals surface area contributed by atoms with Gasteiger partial charge in [0, 0.05) is 21.8 Å². The molecule has 0 atom stereocenters. The van der Waals surface area contributed by atoms with Gasteiger partial charge in [0.25, 0.3) is 5.91 Å².